The Bertz CT molecular complexity index is 489. The SMILES string of the molecule is CCNC(c1cc2c(cc1Cl)OCCO2)C1CCCCO1. The molecule has 0 aliphatic carbocycles. The van der Waals surface area contributed by atoms with E-state index in [4.69, 9.17) is 25.8 Å². The molecule has 21 heavy (non-hydrogen) atoms. The maximum absolute atomic E-state index is 6.48. The van der Waals surface area contributed by atoms with Gasteiger partial charge in [0.05, 0.1) is 12.1 Å². The van der Waals surface area contributed by atoms with Crippen LogP contribution in [0.3, 0.4) is 0 Å². The van der Waals surface area contributed by atoms with Gasteiger partial charge in [0.2, 0.25) is 0 Å². The lowest BCUT2D eigenvalue weighted by Crippen LogP contribution is -2.36. The summed E-state index contributed by atoms with van der Waals surface area (Å²) in [6.45, 7) is 4.96. The van der Waals surface area contributed by atoms with Crippen molar-refractivity contribution in [1.82, 2.24) is 5.32 Å². The Morgan fingerprint density at radius 1 is 1.19 bits per heavy atom. The van der Waals surface area contributed by atoms with E-state index in [2.05, 4.69) is 12.2 Å². The third kappa shape index (κ3) is 3.28. The molecule has 1 aromatic carbocycles. The van der Waals surface area contributed by atoms with E-state index < -0.39 is 0 Å². The van der Waals surface area contributed by atoms with Crippen molar-refractivity contribution >= 4 is 11.6 Å². The van der Waals surface area contributed by atoms with Crippen molar-refractivity contribution in [3.63, 3.8) is 0 Å². The fourth-order valence-electron chi connectivity index (χ4n) is 3.01. The van der Waals surface area contributed by atoms with Crippen LogP contribution in [0.4, 0.5) is 0 Å². The van der Waals surface area contributed by atoms with Gasteiger partial charge in [-0.05, 0) is 37.4 Å². The normalized spacial score (nSPS) is 22.9. The number of fused-ring (bicyclic) bond motifs is 1. The first-order valence-electron chi connectivity index (χ1n) is 7.73. The molecule has 0 spiro atoms. The zero-order valence-corrected chi connectivity index (χ0v) is 13.1. The molecule has 0 bridgehead atoms. The number of likely N-dealkylation sites (N-methyl/N-ethyl adjacent to an activating group) is 1. The van der Waals surface area contributed by atoms with Crippen LogP contribution in [0, 0.1) is 0 Å². The number of hydrogen-bond acceptors (Lipinski definition) is 4. The molecule has 2 aliphatic rings. The summed E-state index contributed by atoms with van der Waals surface area (Å²) in [5.41, 5.74) is 1.04. The third-order valence-electron chi connectivity index (χ3n) is 4.01. The van der Waals surface area contributed by atoms with Gasteiger partial charge < -0.3 is 19.5 Å². The predicted molar refractivity (Wildman–Crippen MR) is 82.5 cm³/mol. The zero-order valence-electron chi connectivity index (χ0n) is 12.4. The smallest absolute Gasteiger partial charge is 0.162 e. The lowest BCUT2D eigenvalue weighted by atomic mass is 9.95. The minimum Gasteiger partial charge on any atom is -0.486 e. The highest BCUT2D eigenvalue weighted by Gasteiger charge is 2.28. The Morgan fingerprint density at radius 3 is 2.62 bits per heavy atom. The Kier molecular flexibility index (Phi) is 4.88. The molecule has 4 nitrogen and oxygen atoms in total. The van der Waals surface area contributed by atoms with Gasteiger partial charge in [0.1, 0.15) is 13.2 Å². The van der Waals surface area contributed by atoms with Crippen LogP contribution in [-0.4, -0.2) is 32.5 Å². The first-order chi connectivity index (χ1) is 10.3. The second kappa shape index (κ2) is 6.86. The summed E-state index contributed by atoms with van der Waals surface area (Å²) in [6, 6.07) is 3.96. The van der Waals surface area contributed by atoms with E-state index in [-0.39, 0.29) is 12.1 Å². The Hall–Kier alpha value is -0.970. The van der Waals surface area contributed by atoms with Gasteiger partial charge in [-0.1, -0.05) is 18.5 Å². The molecule has 5 heteroatoms. The van der Waals surface area contributed by atoms with E-state index in [1.807, 2.05) is 12.1 Å². The molecule has 3 rings (SSSR count). The standard InChI is InChI=1S/C16H22ClNO3/c1-2-18-16(13-5-3-4-6-19-13)11-9-14-15(10-12(11)17)21-8-7-20-14/h9-10,13,16,18H,2-8H2,1H3. The summed E-state index contributed by atoms with van der Waals surface area (Å²) in [5.74, 6) is 1.51. The van der Waals surface area contributed by atoms with Crippen molar-refractivity contribution in [2.24, 2.45) is 0 Å². The molecule has 1 aromatic rings. The number of hydrogen-bond donors (Lipinski definition) is 1. The molecule has 2 atom stereocenters. The molecule has 0 radical (unpaired) electrons. The molecule has 0 saturated carbocycles. The predicted octanol–water partition coefficient (Wildman–Crippen LogP) is 3.33. The highest BCUT2D eigenvalue weighted by atomic mass is 35.5. The first kappa shape index (κ1) is 14.9. The molecular formula is C16H22ClNO3. The van der Waals surface area contributed by atoms with E-state index in [1.165, 1.54) is 6.42 Å². The highest BCUT2D eigenvalue weighted by molar-refractivity contribution is 6.31. The number of nitrogens with one attached hydrogen (secondary N) is 1. The molecule has 2 heterocycles. The van der Waals surface area contributed by atoms with Crippen LogP contribution in [-0.2, 0) is 4.74 Å². The molecule has 1 N–H and O–H groups in total. The maximum Gasteiger partial charge on any atom is 0.162 e. The van der Waals surface area contributed by atoms with Crippen LogP contribution < -0.4 is 14.8 Å². The largest absolute Gasteiger partial charge is 0.486 e. The van der Waals surface area contributed by atoms with Crippen LogP contribution in [0.25, 0.3) is 0 Å². The molecule has 1 fully saturated rings. The quantitative estimate of drug-likeness (QED) is 0.926. The van der Waals surface area contributed by atoms with Crippen molar-refractivity contribution in [1.29, 1.82) is 0 Å². The average molecular weight is 312 g/mol. The Morgan fingerprint density at radius 2 is 1.95 bits per heavy atom. The summed E-state index contributed by atoms with van der Waals surface area (Å²) in [6.07, 6.45) is 3.57. The van der Waals surface area contributed by atoms with Gasteiger partial charge in [-0.2, -0.15) is 0 Å². The van der Waals surface area contributed by atoms with Gasteiger partial charge in [0.25, 0.3) is 0 Å². The molecule has 0 amide bonds. The van der Waals surface area contributed by atoms with Crippen molar-refractivity contribution < 1.29 is 14.2 Å². The topological polar surface area (TPSA) is 39.7 Å². The third-order valence-corrected chi connectivity index (χ3v) is 4.33. The van der Waals surface area contributed by atoms with Crippen molar-refractivity contribution in [3.8, 4) is 11.5 Å². The van der Waals surface area contributed by atoms with Crippen molar-refractivity contribution in [3.05, 3.63) is 22.7 Å². The van der Waals surface area contributed by atoms with Gasteiger partial charge in [-0.3, -0.25) is 0 Å². The summed E-state index contributed by atoms with van der Waals surface area (Å²) < 4.78 is 17.2. The average Bonchev–Trinajstić information content (AvgIpc) is 2.53. The van der Waals surface area contributed by atoms with E-state index >= 15 is 0 Å². The van der Waals surface area contributed by atoms with Crippen LogP contribution in [0.5, 0.6) is 11.5 Å². The number of benzene rings is 1. The number of ether oxygens (including phenoxy) is 3. The van der Waals surface area contributed by atoms with Gasteiger partial charge in [0, 0.05) is 17.7 Å². The monoisotopic (exact) mass is 311 g/mol. The minimum atomic E-state index is 0.0960. The summed E-state index contributed by atoms with van der Waals surface area (Å²) >= 11 is 6.48. The number of halogens is 1. The second-order valence-corrected chi connectivity index (χ2v) is 5.86. The van der Waals surface area contributed by atoms with Gasteiger partial charge in [-0.25, -0.2) is 0 Å². The molecule has 2 unspecified atom stereocenters. The molecule has 116 valence electrons. The lowest BCUT2D eigenvalue weighted by Gasteiger charge is -2.32. The molecule has 1 saturated heterocycles. The molecule has 2 aliphatic heterocycles. The fraction of sp³-hybridized carbons (Fsp3) is 0.625. The van der Waals surface area contributed by atoms with E-state index in [9.17, 15) is 0 Å². The molecule has 0 aromatic heterocycles. The van der Waals surface area contributed by atoms with Crippen LogP contribution in [0.1, 0.15) is 37.8 Å². The fourth-order valence-corrected chi connectivity index (χ4v) is 3.28. The summed E-state index contributed by atoms with van der Waals surface area (Å²) in [7, 11) is 0. The Balaban J connectivity index is 1.90. The van der Waals surface area contributed by atoms with Crippen LogP contribution in [0.15, 0.2) is 12.1 Å². The van der Waals surface area contributed by atoms with Crippen molar-refractivity contribution in [2.45, 2.75) is 38.3 Å². The van der Waals surface area contributed by atoms with Gasteiger partial charge >= 0.3 is 0 Å². The highest BCUT2D eigenvalue weighted by Crippen LogP contribution is 2.39. The second-order valence-electron chi connectivity index (χ2n) is 5.46. The van der Waals surface area contributed by atoms with E-state index in [0.717, 1.165) is 43.1 Å². The van der Waals surface area contributed by atoms with Crippen LogP contribution in [0.2, 0.25) is 5.02 Å². The zero-order chi connectivity index (χ0) is 14.7. The van der Waals surface area contributed by atoms with Gasteiger partial charge in [-0.15, -0.1) is 0 Å². The minimum absolute atomic E-state index is 0.0960. The van der Waals surface area contributed by atoms with Crippen molar-refractivity contribution in [2.75, 3.05) is 26.4 Å². The van der Waals surface area contributed by atoms with E-state index in [0.29, 0.717) is 18.2 Å². The molecular weight excluding hydrogens is 290 g/mol. The van der Waals surface area contributed by atoms with Gasteiger partial charge in [0.15, 0.2) is 11.5 Å². The lowest BCUT2D eigenvalue weighted by molar-refractivity contribution is -0.00792. The first-order valence-corrected chi connectivity index (χ1v) is 8.11. The summed E-state index contributed by atoms with van der Waals surface area (Å²) in [4.78, 5) is 0. The number of rotatable bonds is 4. The van der Waals surface area contributed by atoms with Crippen LogP contribution >= 0.6 is 11.6 Å². The Labute approximate surface area is 130 Å². The maximum atomic E-state index is 6.48. The van der Waals surface area contributed by atoms with E-state index in [1.54, 1.807) is 0 Å². The summed E-state index contributed by atoms with van der Waals surface area (Å²) in [5, 5.41) is 4.22.